The van der Waals surface area contributed by atoms with Crippen molar-refractivity contribution in [3.8, 4) is 0 Å². The fraction of sp³-hybridized carbons (Fsp3) is 0.438. The Hall–Kier alpha value is -2.17. The number of nitrogens with one attached hydrogen (secondary N) is 1. The number of para-hydroxylation sites is 2. The number of fused-ring (bicyclic) bond motifs is 3. The van der Waals surface area contributed by atoms with Crippen LogP contribution in [-0.4, -0.2) is 27.1 Å². The van der Waals surface area contributed by atoms with Gasteiger partial charge in [-0.2, -0.15) is 0 Å². The van der Waals surface area contributed by atoms with Crippen molar-refractivity contribution in [3.63, 3.8) is 0 Å². The maximum Gasteiger partial charge on any atom is 0.308 e. The molecule has 1 aromatic heterocycles. The van der Waals surface area contributed by atoms with Gasteiger partial charge in [-0.05, 0) is 43.2 Å². The molecule has 2 bridgehead atoms. The lowest BCUT2D eigenvalue weighted by molar-refractivity contribution is -0.143. The third-order valence-electron chi connectivity index (χ3n) is 4.96. The van der Waals surface area contributed by atoms with Gasteiger partial charge in [0.15, 0.2) is 0 Å². The molecule has 1 heterocycles. The molecular weight excluding hydrogens is 266 g/mol. The summed E-state index contributed by atoms with van der Waals surface area (Å²) < 4.78 is 0. The first-order valence-corrected chi connectivity index (χ1v) is 7.43. The van der Waals surface area contributed by atoms with Crippen LogP contribution < -0.4 is 5.32 Å². The molecule has 21 heavy (non-hydrogen) atoms. The fourth-order valence-corrected chi connectivity index (χ4v) is 4.05. The fourth-order valence-electron chi connectivity index (χ4n) is 4.05. The van der Waals surface area contributed by atoms with E-state index >= 15 is 0 Å². The summed E-state index contributed by atoms with van der Waals surface area (Å²) in [5.41, 5.74) is 1.68. The van der Waals surface area contributed by atoms with Gasteiger partial charge in [-0.25, -0.2) is 4.98 Å². The van der Waals surface area contributed by atoms with Crippen LogP contribution in [-0.2, 0) is 4.79 Å². The first-order valence-electron chi connectivity index (χ1n) is 7.43. The summed E-state index contributed by atoms with van der Waals surface area (Å²) in [4.78, 5) is 20.5. The van der Waals surface area contributed by atoms with Crippen LogP contribution >= 0.6 is 0 Å². The van der Waals surface area contributed by atoms with E-state index in [1.165, 1.54) is 0 Å². The lowest BCUT2D eigenvalue weighted by atomic mass is 9.84. The van der Waals surface area contributed by atoms with E-state index in [1.54, 1.807) is 6.20 Å². The quantitative estimate of drug-likeness (QED) is 0.905. The molecule has 2 fully saturated rings. The van der Waals surface area contributed by atoms with Gasteiger partial charge in [0.05, 0.1) is 23.1 Å². The number of aliphatic carboxylic acids is 1. The first kappa shape index (κ1) is 12.6. The standard InChI is InChI=1S/C16H17N3O2/c20-16(21)14-9-5-6-10(7-9)15(14)19-13-8-17-11-3-1-2-4-12(11)18-13/h1-4,8-10,14-15H,5-7H2,(H,18,19)(H,20,21). The zero-order chi connectivity index (χ0) is 14.4. The van der Waals surface area contributed by atoms with Gasteiger partial charge in [-0.3, -0.25) is 9.78 Å². The zero-order valence-corrected chi connectivity index (χ0v) is 11.6. The molecule has 0 amide bonds. The van der Waals surface area contributed by atoms with Gasteiger partial charge in [-0.15, -0.1) is 0 Å². The number of anilines is 1. The van der Waals surface area contributed by atoms with Crippen LogP contribution in [0.15, 0.2) is 30.5 Å². The third kappa shape index (κ3) is 2.04. The number of rotatable bonds is 3. The molecule has 0 saturated heterocycles. The number of nitrogens with zero attached hydrogens (tertiary/aromatic N) is 2. The van der Waals surface area contributed by atoms with Crippen molar-refractivity contribution in [2.75, 3.05) is 5.32 Å². The molecule has 2 aliphatic rings. The van der Waals surface area contributed by atoms with Crippen LogP contribution in [0.25, 0.3) is 11.0 Å². The van der Waals surface area contributed by atoms with E-state index in [9.17, 15) is 9.90 Å². The molecule has 1 aromatic carbocycles. The number of aromatic nitrogens is 2. The summed E-state index contributed by atoms with van der Waals surface area (Å²) in [5.74, 6) is 0.464. The maximum absolute atomic E-state index is 11.5. The Morgan fingerprint density at radius 1 is 1.19 bits per heavy atom. The zero-order valence-electron chi connectivity index (χ0n) is 11.6. The van der Waals surface area contributed by atoms with Crippen LogP contribution in [0.2, 0.25) is 0 Å². The highest BCUT2D eigenvalue weighted by Crippen LogP contribution is 2.49. The Balaban J connectivity index is 1.63. The second-order valence-electron chi connectivity index (χ2n) is 6.11. The average molecular weight is 283 g/mol. The highest BCUT2D eigenvalue weighted by molar-refractivity contribution is 5.76. The van der Waals surface area contributed by atoms with Gasteiger partial charge < -0.3 is 10.4 Å². The normalized spacial score (nSPS) is 30.7. The van der Waals surface area contributed by atoms with Crippen molar-refractivity contribution in [2.45, 2.75) is 25.3 Å². The van der Waals surface area contributed by atoms with Crippen molar-refractivity contribution in [2.24, 2.45) is 17.8 Å². The molecule has 2 N–H and O–H groups in total. The highest BCUT2D eigenvalue weighted by Gasteiger charge is 2.51. The minimum Gasteiger partial charge on any atom is -0.481 e. The SMILES string of the molecule is O=C(O)C1C2CCC(C2)C1Nc1cnc2ccccc2n1. The summed E-state index contributed by atoms with van der Waals surface area (Å²) >= 11 is 0. The molecule has 0 radical (unpaired) electrons. The predicted octanol–water partition coefficient (Wildman–Crippen LogP) is 2.54. The Bertz CT molecular complexity index is 703. The van der Waals surface area contributed by atoms with Gasteiger partial charge in [0.2, 0.25) is 0 Å². The van der Waals surface area contributed by atoms with Crippen LogP contribution in [0.3, 0.4) is 0 Å². The molecule has 0 aliphatic heterocycles. The largest absolute Gasteiger partial charge is 0.481 e. The number of carboxylic acid groups (broad SMARTS) is 1. The molecular formula is C16H17N3O2. The van der Waals surface area contributed by atoms with Gasteiger partial charge >= 0.3 is 5.97 Å². The predicted molar refractivity (Wildman–Crippen MR) is 78.9 cm³/mol. The molecule has 4 unspecified atom stereocenters. The minimum atomic E-state index is -0.687. The van der Waals surface area contributed by atoms with E-state index < -0.39 is 5.97 Å². The third-order valence-corrected chi connectivity index (χ3v) is 4.96. The minimum absolute atomic E-state index is 0.0169. The maximum atomic E-state index is 11.5. The summed E-state index contributed by atoms with van der Waals surface area (Å²) in [5, 5.41) is 12.8. The molecule has 4 rings (SSSR count). The molecule has 2 aromatic rings. The van der Waals surface area contributed by atoms with Gasteiger partial charge in [0, 0.05) is 6.04 Å². The van der Waals surface area contributed by atoms with Crippen LogP contribution in [0.1, 0.15) is 19.3 Å². The first-order chi connectivity index (χ1) is 10.2. The Kier molecular flexibility index (Phi) is 2.80. The van der Waals surface area contributed by atoms with Crippen LogP contribution in [0, 0.1) is 17.8 Å². The Labute approximate surface area is 122 Å². The second kappa shape index (κ2) is 4.69. The lowest BCUT2D eigenvalue weighted by Gasteiger charge is -2.29. The summed E-state index contributed by atoms with van der Waals surface area (Å²) in [6, 6.07) is 7.68. The molecule has 2 saturated carbocycles. The smallest absolute Gasteiger partial charge is 0.308 e. The summed E-state index contributed by atoms with van der Waals surface area (Å²) in [6.45, 7) is 0. The molecule has 5 nitrogen and oxygen atoms in total. The second-order valence-corrected chi connectivity index (χ2v) is 6.11. The number of hydrogen-bond donors (Lipinski definition) is 2. The number of benzene rings is 1. The number of hydrogen-bond acceptors (Lipinski definition) is 4. The summed E-state index contributed by atoms with van der Waals surface area (Å²) in [7, 11) is 0. The molecule has 2 aliphatic carbocycles. The van der Waals surface area contributed by atoms with E-state index in [1.807, 2.05) is 24.3 Å². The van der Waals surface area contributed by atoms with E-state index in [0.29, 0.717) is 17.7 Å². The van der Waals surface area contributed by atoms with Gasteiger partial charge in [0.1, 0.15) is 5.82 Å². The molecule has 108 valence electrons. The van der Waals surface area contributed by atoms with Crippen LogP contribution in [0.5, 0.6) is 0 Å². The average Bonchev–Trinajstić information content (AvgIpc) is 3.08. The lowest BCUT2D eigenvalue weighted by Crippen LogP contribution is -2.39. The molecule has 5 heteroatoms. The molecule has 4 atom stereocenters. The number of carbonyl (C=O) groups is 1. The van der Waals surface area contributed by atoms with E-state index in [2.05, 4.69) is 15.3 Å². The van der Waals surface area contributed by atoms with E-state index in [4.69, 9.17) is 0 Å². The summed E-state index contributed by atoms with van der Waals surface area (Å²) in [6.07, 6.45) is 4.89. The topological polar surface area (TPSA) is 75.1 Å². The molecule has 0 spiro atoms. The van der Waals surface area contributed by atoms with E-state index in [0.717, 1.165) is 30.3 Å². The van der Waals surface area contributed by atoms with Gasteiger partial charge in [-0.1, -0.05) is 12.1 Å². The van der Waals surface area contributed by atoms with Crippen molar-refractivity contribution in [3.05, 3.63) is 30.5 Å². The van der Waals surface area contributed by atoms with Crippen molar-refractivity contribution < 1.29 is 9.90 Å². The van der Waals surface area contributed by atoms with Crippen molar-refractivity contribution in [1.29, 1.82) is 0 Å². The van der Waals surface area contributed by atoms with Crippen molar-refractivity contribution in [1.82, 2.24) is 9.97 Å². The van der Waals surface area contributed by atoms with E-state index in [-0.39, 0.29) is 12.0 Å². The Morgan fingerprint density at radius 3 is 2.76 bits per heavy atom. The van der Waals surface area contributed by atoms with Gasteiger partial charge in [0.25, 0.3) is 0 Å². The van der Waals surface area contributed by atoms with Crippen LogP contribution in [0.4, 0.5) is 5.82 Å². The highest BCUT2D eigenvalue weighted by atomic mass is 16.4. The van der Waals surface area contributed by atoms with Crippen molar-refractivity contribution >= 4 is 22.8 Å². The monoisotopic (exact) mass is 283 g/mol. The Morgan fingerprint density at radius 2 is 1.95 bits per heavy atom. The number of carboxylic acids is 1.